The first-order valence-electron chi connectivity index (χ1n) is 10.4. The number of amides is 1. The summed E-state index contributed by atoms with van der Waals surface area (Å²) in [6, 6.07) is 14.0. The fraction of sp³-hybridized carbons (Fsp3) is 0.478. The van der Waals surface area contributed by atoms with E-state index in [4.69, 9.17) is 11.6 Å². The third-order valence-electron chi connectivity index (χ3n) is 6.07. The fourth-order valence-electron chi connectivity index (χ4n) is 4.64. The number of nitrogens with zero attached hydrogens (tertiary/aromatic N) is 3. The zero-order chi connectivity index (χ0) is 19.3. The third kappa shape index (κ3) is 4.73. The summed E-state index contributed by atoms with van der Waals surface area (Å²) >= 11 is 5.99. The van der Waals surface area contributed by atoms with Gasteiger partial charge in [0.25, 0.3) is 5.91 Å². The van der Waals surface area contributed by atoms with E-state index in [-0.39, 0.29) is 5.91 Å². The molecular formula is C23H28ClN3O. The lowest BCUT2D eigenvalue weighted by atomic mass is 10.0. The Morgan fingerprint density at radius 1 is 1.04 bits per heavy atom. The molecule has 1 saturated carbocycles. The smallest absolute Gasteiger partial charge is 0.253 e. The highest BCUT2D eigenvalue weighted by Crippen LogP contribution is 2.27. The molecule has 28 heavy (non-hydrogen) atoms. The lowest BCUT2D eigenvalue weighted by Gasteiger charge is -2.29. The fourth-order valence-corrected chi connectivity index (χ4v) is 4.76. The largest absolute Gasteiger partial charge is 0.337 e. The van der Waals surface area contributed by atoms with E-state index in [9.17, 15) is 4.79 Å². The monoisotopic (exact) mass is 397 g/mol. The van der Waals surface area contributed by atoms with Crippen molar-refractivity contribution in [2.75, 3.05) is 26.2 Å². The number of carbonyl (C=O) groups is 1. The Labute approximate surface area is 172 Å². The number of hydrogen-bond donors (Lipinski definition) is 0. The molecule has 2 fully saturated rings. The average molecular weight is 398 g/mol. The van der Waals surface area contributed by atoms with Crippen LogP contribution in [0.15, 0.2) is 48.7 Å². The van der Waals surface area contributed by atoms with E-state index in [1.807, 2.05) is 35.4 Å². The standard InChI is InChI=1S/C23H28ClN3O/c24-20-10-8-19(9-11-20)23(28)27-14-13-26(22-6-1-2-7-22)16-18(17-27)15-21-5-3-4-12-25-21/h3-5,8-12,18,22H,1-2,6-7,13-17H2/t18-/m1/s1. The molecule has 1 amide bonds. The lowest BCUT2D eigenvalue weighted by molar-refractivity contribution is 0.0744. The Balaban J connectivity index is 1.52. The molecule has 2 heterocycles. The Kier molecular flexibility index (Phi) is 6.28. The van der Waals surface area contributed by atoms with Crippen LogP contribution < -0.4 is 0 Å². The van der Waals surface area contributed by atoms with Gasteiger partial charge in [0.15, 0.2) is 0 Å². The summed E-state index contributed by atoms with van der Waals surface area (Å²) < 4.78 is 0. The normalized spacial score (nSPS) is 21.6. The van der Waals surface area contributed by atoms with Gasteiger partial charge in [0, 0.05) is 54.7 Å². The van der Waals surface area contributed by atoms with E-state index in [1.54, 1.807) is 12.1 Å². The second-order valence-corrected chi connectivity index (χ2v) is 8.52. The zero-order valence-corrected chi connectivity index (χ0v) is 17.0. The Bertz CT molecular complexity index is 774. The number of rotatable bonds is 4. The highest BCUT2D eigenvalue weighted by atomic mass is 35.5. The summed E-state index contributed by atoms with van der Waals surface area (Å²) in [5, 5.41) is 0.660. The van der Waals surface area contributed by atoms with Gasteiger partial charge in [-0.15, -0.1) is 0 Å². The van der Waals surface area contributed by atoms with Crippen molar-refractivity contribution in [3.8, 4) is 0 Å². The Morgan fingerprint density at radius 3 is 2.54 bits per heavy atom. The predicted molar refractivity (Wildman–Crippen MR) is 113 cm³/mol. The predicted octanol–water partition coefficient (Wildman–Crippen LogP) is 4.29. The molecule has 1 saturated heterocycles. The number of pyridine rings is 1. The molecule has 148 valence electrons. The van der Waals surface area contributed by atoms with E-state index >= 15 is 0 Å². The molecule has 0 unspecified atom stereocenters. The van der Waals surface area contributed by atoms with Gasteiger partial charge in [-0.25, -0.2) is 0 Å². The van der Waals surface area contributed by atoms with Gasteiger partial charge >= 0.3 is 0 Å². The lowest BCUT2D eigenvalue weighted by Crippen LogP contribution is -2.38. The molecule has 1 aliphatic heterocycles. The van der Waals surface area contributed by atoms with Crippen LogP contribution in [0.4, 0.5) is 0 Å². The van der Waals surface area contributed by atoms with E-state index in [0.717, 1.165) is 43.9 Å². The second kappa shape index (κ2) is 9.06. The van der Waals surface area contributed by atoms with Crippen LogP contribution in [0.2, 0.25) is 5.02 Å². The van der Waals surface area contributed by atoms with Crippen molar-refractivity contribution in [3.05, 3.63) is 64.9 Å². The van der Waals surface area contributed by atoms with Gasteiger partial charge in [-0.1, -0.05) is 30.5 Å². The van der Waals surface area contributed by atoms with Crippen molar-refractivity contribution in [2.24, 2.45) is 5.92 Å². The molecule has 1 atom stereocenters. The van der Waals surface area contributed by atoms with Crippen LogP contribution >= 0.6 is 11.6 Å². The first-order chi connectivity index (χ1) is 13.7. The molecule has 2 aliphatic rings. The summed E-state index contributed by atoms with van der Waals surface area (Å²) in [4.78, 5) is 22.3. The van der Waals surface area contributed by atoms with Crippen molar-refractivity contribution < 1.29 is 4.79 Å². The molecule has 4 nitrogen and oxygen atoms in total. The molecule has 5 heteroatoms. The van der Waals surface area contributed by atoms with Crippen LogP contribution in [0.1, 0.15) is 41.7 Å². The Hall–Kier alpha value is -1.91. The topological polar surface area (TPSA) is 36.4 Å². The summed E-state index contributed by atoms with van der Waals surface area (Å²) in [5.41, 5.74) is 1.83. The average Bonchev–Trinajstić information content (AvgIpc) is 3.17. The van der Waals surface area contributed by atoms with Gasteiger partial charge in [-0.2, -0.15) is 0 Å². The number of aromatic nitrogens is 1. The van der Waals surface area contributed by atoms with E-state index in [1.165, 1.54) is 25.7 Å². The SMILES string of the molecule is O=C(c1ccc(Cl)cc1)N1CCN(C2CCCC2)C[C@@H](Cc2ccccn2)C1. The minimum Gasteiger partial charge on any atom is -0.337 e. The number of benzene rings is 1. The molecule has 2 aromatic rings. The van der Waals surface area contributed by atoms with Crippen molar-refractivity contribution in [1.82, 2.24) is 14.8 Å². The molecule has 1 aromatic heterocycles. The Morgan fingerprint density at radius 2 is 1.82 bits per heavy atom. The quantitative estimate of drug-likeness (QED) is 0.771. The van der Waals surface area contributed by atoms with Crippen LogP contribution in [0.3, 0.4) is 0 Å². The van der Waals surface area contributed by atoms with Crippen LogP contribution in [0.5, 0.6) is 0 Å². The van der Waals surface area contributed by atoms with Crippen molar-refractivity contribution >= 4 is 17.5 Å². The summed E-state index contributed by atoms with van der Waals surface area (Å²) in [5.74, 6) is 0.505. The molecule has 0 spiro atoms. The molecule has 0 radical (unpaired) electrons. The van der Waals surface area contributed by atoms with Crippen LogP contribution in [-0.2, 0) is 6.42 Å². The molecule has 0 bridgehead atoms. The van der Waals surface area contributed by atoms with Crippen LogP contribution in [0, 0.1) is 5.92 Å². The van der Waals surface area contributed by atoms with Crippen molar-refractivity contribution in [3.63, 3.8) is 0 Å². The number of halogens is 1. The van der Waals surface area contributed by atoms with Gasteiger partial charge in [-0.3, -0.25) is 14.7 Å². The van der Waals surface area contributed by atoms with E-state index in [2.05, 4.69) is 16.0 Å². The van der Waals surface area contributed by atoms with Crippen molar-refractivity contribution in [2.45, 2.75) is 38.1 Å². The molecule has 4 rings (SSSR count). The minimum atomic E-state index is 0.107. The summed E-state index contributed by atoms with van der Waals surface area (Å²) in [6.45, 7) is 3.58. The number of hydrogen-bond acceptors (Lipinski definition) is 3. The molecular weight excluding hydrogens is 370 g/mol. The highest BCUT2D eigenvalue weighted by molar-refractivity contribution is 6.30. The molecule has 0 N–H and O–H groups in total. The van der Waals surface area contributed by atoms with Crippen LogP contribution in [-0.4, -0.2) is 52.9 Å². The first kappa shape index (κ1) is 19.4. The molecule has 1 aliphatic carbocycles. The molecule has 1 aromatic carbocycles. The van der Waals surface area contributed by atoms with Gasteiger partial charge < -0.3 is 4.90 Å². The maximum atomic E-state index is 13.1. The van der Waals surface area contributed by atoms with Gasteiger partial charge in [0.05, 0.1) is 0 Å². The summed E-state index contributed by atoms with van der Waals surface area (Å²) in [6.07, 6.45) is 8.02. The highest BCUT2D eigenvalue weighted by Gasteiger charge is 2.31. The van der Waals surface area contributed by atoms with Crippen molar-refractivity contribution in [1.29, 1.82) is 0 Å². The van der Waals surface area contributed by atoms with E-state index < -0.39 is 0 Å². The maximum Gasteiger partial charge on any atom is 0.253 e. The van der Waals surface area contributed by atoms with E-state index in [0.29, 0.717) is 17.0 Å². The van der Waals surface area contributed by atoms with Gasteiger partial charge in [0.2, 0.25) is 0 Å². The maximum absolute atomic E-state index is 13.1. The zero-order valence-electron chi connectivity index (χ0n) is 16.3. The number of carbonyl (C=O) groups excluding carboxylic acids is 1. The van der Waals surface area contributed by atoms with Gasteiger partial charge in [-0.05, 0) is 61.6 Å². The second-order valence-electron chi connectivity index (χ2n) is 8.08. The first-order valence-corrected chi connectivity index (χ1v) is 10.8. The van der Waals surface area contributed by atoms with Gasteiger partial charge in [0.1, 0.15) is 0 Å². The third-order valence-corrected chi connectivity index (χ3v) is 6.32. The minimum absolute atomic E-state index is 0.107. The van der Waals surface area contributed by atoms with Crippen LogP contribution in [0.25, 0.3) is 0 Å². The summed E-state index contributed by atoms with van der Waals surface area (Å²) in [7, 11) is 0.